The summed E-state index contributed by atoms with van der Waals surface area (Å²) >= 11 is 0. The van der Waals surface area contributed by atoms with E-state index in [1.54, 1.807) is 31.2 Å². The van der Waals surface area contributed by atoms with Gasteiger partial charge in [-0.1, -0.05) is 44.2 Å². The number of aryl methyl sites for hydroxylation is 3. The fourth-order valence-electron chi connectivity index (χ4n) is 4.95. The van der Waals surface area contributed by atoms with E-state index in [4.69, 9.17) is 4.74 Å². The van der Waals surface area contributed by atoms with Crippen LogP contribution in [0.25, 0.3) is 0 Å². The number of para-hydroxylation sites is 1. The Hall–Kier alpha value is -3.32. The van der Waals surface area contributed by atoms with Crippen LogP contribution in [0, 0.1) is 20.8 Å². The van der Waals surface area contributed by atoms with Crippen molar-refractivity contribution in [3.8, 4) is 5.75 Å². The van der Waals surface area contributed by atoms with Crippen molar-refractivity contribution in [1.29, 1.82) is 0 Å². The fraction of sp³-hybridized carbons (Fsp3) is 0.345. The van der Waals surface area contributed by atoms with Crippen LogP contribution in [0.2, 0.25) is 0 Å². The van der Waals surface area contributed by atoms with Crippen LogP contribution in [0.4, 0.5) is 5.69 Å². The van der Waals surface area contributed by atoms with Crippen LogP contribution in [-0.2, 0) is 10.0 Å². The Kier molecular flexibility index (Phi) is 7.14. The number of carbonyl (C=O) groups is 1. The predicted molar refractivity (Wildman–Crippen MR) is 143 cm³/mol. The molecule has 1 amide bonds. The van der Waals surface area contributed by atoms with Gasteiger partial charge in [0.05, 0.1) is 10.9 Å². The molecular weight excluding hydrogens is 472 g/mol. The molecule has 0 bridgehead atoms. The lowest BCUT2D eigenvalue weighted by molar-refractivity contribution is 0.0227. The first-order chi connectivity index (χ1) is 17.1. The molecule has 1 atom stereocenters. The van der Waals surface area contributed by atoms with Crippen molar-refractivity contribution in [3.63, 3.8) is 0 Å². The van der Waals surface area contributed by atoms with E-state index in [1.807, 2.05) is 44.2 Å². The van der Waals surface area contributed by atoms with E-state index < -0.39 is 10.0 Å². The molecule has 1 unspecified atom stereocenters. The van der Waals surface area contributed by atoms with Crippen molar-refractivity contribution in [2.24, 2.45) is 0 Å². The maximum Gasteiger partial charge on any atom is 0.262 e. The van der Waals surface area contributed by atoms with Gasteiger partial charge in [-0.25, -0.2) is 8.42 Å². The molecule has 2 N–H and O–H groups in total. The molecule has 0 aromatic heterocycles. The third kappa shape index (κ3) is 5.26. The van der Waals surface area contributed by atoms with Crippen LogP contribution in [0.3, 0.4) is 0 Å². The molecule has 1 heterocycles. The van der Waals surface area contributed by atoms with Gasteiger partial charge in [0.1, 0.15) is 11.4 Å². The average molecular weight is 507 g/mol. The Morgan fingerprint density at radius 3 is 2.31 bits per heavy atom. The van der Waals surface area contributed by atoms with E-state index in [-0.39, 0.29) is 22.4 Å². The molecule has 3 aromatic carbocycles. The van der Waals surface area contributed by atoms with Gasteiger partial charge < -0.3 is 10.1 Å². The summed E-state index contributed by atoms with van der Waals surface area (Å²) in [6.45, 7) is 9.75. The zero-order valence-corrected chi connectivity index (χ0v) is 22.3. The lowest BCUT2D eigenvalue weighted by atomic mass is 9.83. The second-order valence-electron chi connectivity index (χ2n) is 9.72. The largest absolute Gasteiger partial charge is 0.487 e. The minimum Gasteiger partial charge on any atom is -0.487 e. The molecule has 0 saturated heterocycles. The minimum atomic E-state index is -3.89. The van der Waals surface area contributed by atoms with Crippen molar-refractivity contribution in [3.05, 3.63) is 88.5 Å². The highest BCUT2D eigenvalue weighted by molar-refractivity contribution is 7.92. The molecule has 6 nitrogen and oxygen atoms in total. The quantitative estimate of drug-likeness (QED) is 0.398. The number of benzene rings is 3. The number of carbonyl (C=O) groups excluding carboxylic acids is 1. The first kappa shape index (κ1) is 25.8. The SMILES string of the molecule is CCC1(CC)CC(NC(=O)c2ccc(C)c(S(=O)(=O)Nc3cc(C)cc(C)c3)c2)c2ccccc2O1. The van der Waals surface area contributed by atoms with Gasteiger partial charge in [0, 0.05) is 23.2 Å². The van der Waals surface area contributed by atoms with E-state index in [1.165, 1.54) is 6.07 Å². The minimum absolute atomic E-state index is 0.0816. The summed E-state index contributed by atoms with van der Waals surface area (Å²) in [4.78, 5) is 13.5. The fourth-order valence-corrected chi connectivity index (χ4v) is 6.26. The van der Waals surface area contributed by atoms with Gasteiger partial charge in [-0.05, 0) is 80.6 Å². The summed E-state index contributed by atoms with van der Waals surface area (Å²) in [6, 6.07) is 17.9. The lowest BCUT2D eigenvalue weighted by Crippen LogP contribution is -2.44. The van der Waals surface area contributed by atoms with Crippen LogP contribution in [0.5, 0.6) is 5.75 Å². The maximum atomic E-state index is 13.4. The van der Waals surface area contributed by atoms with Crippen LogP contribution in [0.15, 0.2) is 65.6 Å². The standard InChI is InChI=1S/C29H34N2O4S/c1-6-29(7-2)18-25(24-10-8-9-11-26(24)35-29)30-28(32)22-13-12-21(5)27(17-22)36(33,34)31-23-15-19(3)14-20(4)16-23/h8-17,25,31H,6-7,18H2,1-5H3,(H,30,32). The summed E-state index contributed by atoms with van der Waals surface area (Å²) in [5.74, 6) is 0.461. The number of amides is 1. The molecular formula is C29H34N2O4S. The van der Waals surface area contributed by atoms with Crippen molar-refractivity contribution in [2.45, 2.75) is 70.4 Å². The molecule has 190 valence electrons. The molecule has 36 heavy (non-hydrogen) atoms. The number of fused-ring (bicyclic) bond motifs is 1. The highest BCUT2D eigenvalue weighted by Gasteiger charge is 2.39. The normalized spacial score (nSPS) is 16.5. The molecule has 0 saturated carbocycles. The van der Waals surface area contributed by atoms with E-state index in [0.29, 0.717) is 23.2 Å². The Morgan fingerprint density at radius 2 is 1.64 bits per heavy atom. The topological polar surface area (TPSA) is 84.5 Å². The second kappa shape index (κ2) is 9.97. The Bertz CT molecular complexity index is 1370. The number of sulfonamides is 1. The summed E-state index contributed by atoms with van der Waals surface area (Å²) in [5.41, 5.74) is 3.86. The zero-order chi connectivity index (χ0) is 26.1. The monoisotopic (exact) mass is 506 g/mol. The number of anilines is 1. The van der Waals surface area contributed by atoms with Gasteiger partial charge in [0.15, 0.2) is 0 Å². The molecule has 0 radical (unpaired) electrons. The summed E-state index contributed by atoms with van der Waals surface area (Å²) < 4.78 is 35.6. The van der Waals surface area contributed by atoms with Crippen LogP contribution in [0.1, 0.15) is 71.8 Å². The van der Waals surface area contributed by atoms with E-state index in [2.05, 4.69) is 23.9 Å². The van der Waals surface area contributed by atoms with Gasteiger partial charge >= 0.3 is 0 Å². The summed E-state index contributed by atoms with van der Waals surface area (Å²) in [6.07, 6.45) is 2.29. The van der Waals surface area contributed by atoms with Gasteiger partial charge in [0.2, 0.25) is 0 Å². The third-order valence-electron chi connectivity index (χ3n) is 7.00. The molecule has 0 spiro atoms. The number of nitrogens with one attached hydrogen (secondary N) is 2. The smallest absolute Gasteiger partial charge is 0.262 e. The van der Waals surface area contributed by atoms with E-state index in [0.717, 1.165) is 35.3 Å². The van der Waals surface area contributed by atoms with Gasteiger partial charge in [-0.3, -0.25) is 9.52 Å². The maximum absolute atomic E-state index is 13.4. The Labute approximate surface area is 214 Å². The lowest BCUT2D eigenvalue weighted by Gasteiger charge is -2.41. The summed E-state index contributed by atoms with van der Waals surface area (Å²) in [7, 11) is -3.89. The van der Waals surface area contributed by atoms with Crippen molar-refractivity contribution >= 4 is 21.6 Å². The van der Waals surface area contributed by atoms with Crippen molar-refractivity contribution < 1.29 is 17.9 Å². The highest BCUT2D eigenvalue weighted by Crippen LogP contribution is 2.42. The first-order valence-corrected chi connectivity index (χ1v) is 13.8. The zero-order valence-electron chi connectivity index (χ0n) is 21.5. The second-order valence-corrected chi connectivity index (χ2v) is 11.4. The number of hydrogen-bond donors (Lipinski definition) is 2. The van der Waals surface area contributed by atoms with Crippen LogP contribution in [-0.4, -0.2) is 19.9 Å². The van der Waals surface area contributed by atoms with Gasteiger partial charge in [-0.15, -0.1) is 0 Å². The number of rotatable bonds is 7. The first-order valence-electron chi connectivity index (χ1n) is 12.4. The average Bonchev–Trinajstić information content (AvgIpc) is 2.83. The molecule has 0 aliphatic carbocycles. The molecule has 7 heteroatoms. The van der Waals surface area contributed by atoms with E-state index >= 15 is 0 Å². The van der Waals surface area contributed by atoms with E-state index in [9.17, 15) is 13.2 Å². The molecule has 0 fully saturated rings. The van der Waals surface area contributed by atoms with Crippen molar-refractivity contribution in [1.82, 2.24) is 5.32 Å². The molecule has 3 aromatic rings. The summed E-state index contributed by atoms with van der Waals surface area (Å²) in [5, 5.41) is 3.14. The van der Waals surface area contributed by atoms with Gasteiger partial charge in [0.25, 0.3) is 15.9 Å². The third-order valence-corrected chi connectivity index (χ3v) is 8.53. The molecule has 4 rings (SSSR count). The highest BCUT2D eigenvalue weighted by atomic mass is 32.2. The van der Waals surface area contributed by atoms with Crippen LogP contribution < -0.4 is 14.8 Å². The van der Waals surface area contributed by atoms with Gasteiger partial charge in [-0.2, -0.15) is 0 Å². The molecule has 1 aliphatic rings. The Balaban J connectivity index is 1.62. The van der Waals surface area contributed by atoms with Crippen LogP contribution >= 0.6 is 0 Å². The number of ether oxygens (including phenoxy) is 1. The predicted octanol–water partition coefficient (Wildman–Crippen LogP) is 6.23. The molecule has 1 aliphatic heterocycles. The van der Waals surface area contributed by atoms with Crippen molar-refractivity contribution in [2.75, 3.05) is 4.72 Å². The Morgan fingerprint density at radius 1 is 0.972 bits per heavy atom. The number of hydrogen-bond acceptors (Lipinski definition) is 4.